The summed E-state index contributed by atoms with van der Waals surface area (Å²) in [5.74, 6) is 0.649. The van der Waals surface area contributed by atoms with Crippen LogP contribution in [0.4, 0.5) is 0 Å². The molecule has 4 aromatic rings. The Hall–Kier alpha value is -2.99. The van der Waals surface area contributed by atoms with Gasteiger partial charge in [0, 0.05) is 17.3 Å². The molecule has 5 nitrogen and oxygen atoms in total. The normalized spacial score (nSPS) is 10.8. The SMILES string of the molecule is O=C(NCc1nc2ccccc2[nH]1)c1ccc(-c2ccncc2)s1. The number of para-hydroxylation sites is 2. The number of hydrogen-bond donors (Lipinski definition) is 2. The first-order chi connectivity index (χ1) is 11.8. The third-order valence-corrected chi connectivity index (χ3v) is 4.78. The average molecular weight is 334 g/mol. The van der Waals surface area contributed by atoms with Crippen molar-refractivity contribution in [3.8, 4) is 10.4 Å². The molecule has 118 valence electrons. The van der Waals surface area contributed by atoms with Crippen molar-refractivity contribution in [1.29, 1.82) is 0 Å². The number of carbonyl (C=O) groups excluding carboxylic acids is 1. The van der Waals surface area contributed by atoms with Crippen molar-refractivity contribution in [2.45, 2.75) is 6.54 Å². The van der Waals surface area contributed by atoms with Crippen molar-refractivity contribution < 1.29 is 4.79 Å². The fourth-order valence-corrected chi connectivity index (χ4v) is 3.40. The van der Waals surface area contributed by atoms with Gasteiger partial charge in [0.05, 0.1) is 22.5 Å². The zero-order valence-corrected chi connectivity index (χ0v) is 13.5. The molecule has 0 aliphatic rings. The van der Waals surface area contributed by atoms with Crippen molar-refractivity contribution >= 4 is 28.3 Å². The highest BCUT2D eigenvalue weighted by Crippen LogP contribution is 2.27. The summed E-state index contributed by atoms with van der Waals surface area (Å²) in [7, 11) is 0. The fourth-order valence-electron chi connectivity index (χ4n) is 2.47. The minimum atomic E-state index is -0.0965. The van der Waals surface area contributed by atoms with Crippen LogP contribution in [0.1, 0.15) is 15.5 Å². The second kappa shape index (κ2) is 6.25. The van der Waals surface area contributed by atoms with E-state index in [4.69, 9.17) is 0 Å². The molecule has 0 fully saturated rings. The lowest BCUT2D eigenvalue weighted by Crippen LogP contribution is -2.22. The highest BCUT2D eigenvalue weighted by Gasteiger charge is 2.11. The molecule has 3 heterocycles. The molecule has 1 aromatic carbocycles. The van der Waals surface area contributed by atoms with Crippen LogP contribution in [0.15, 0.2) is 60.9 Å². The largest absolute Gasteiger partial charge is 0.344 e. The number of imidazole rings is 1. The summed E-state index contributed by atoms with van der Waals surface area (Å²) >= 11 is 1.46. The van der Waals surface area contributed by atoms with Gasteiger partial charge in [-0.1, -0.05) is 12.1 Å². The lowest BCUT2D eigenvalue weighted by molar-refractivity contribution is 0.0954. The molecule has 1 amide bonds. The molecule has 4 rings (SSSR count). The summed E-state index contributed by atoms with van der Waals surface area (Å²) in [6.07, 6.45) is 3.49. The third-order valence-electron chi connectivity index (χ3n) is 3.65. The molecular weight excluding hydrogens is 320 g/mol. The number of hydrogen-bond acceptors (Lipinski definition) is 4. The predicted octanol–water partition coefficient (Wildman–Crippen LogP) is 3.62. The lowest BCUT2D eigenvalue weighted by atomic mass is 10.2. The number of pyridine rings is 1. The van der Waals surface area contributed by atoms with Gasteiger partial charge in [0.15, 0.2) is 0 Å². The van der Waals surface area contributed by atoms with Crippen molar-refractivity contribution in [3.05, 3.63) is 71.6 Å². The number of carbonyl (C=O) groups is 1. The first-order valence-electron chi connectivity index (χ1n) is 7.52. The van der Waals surface area contributed by atoms with Crippen LogP contribution in [0, 0.1) is 0 Å². The lowest BCUT2D eigenvalue weighted by Gasteiger charge is -2.00. The Labute approximate surface area is 142 Å². The van der Waals surface area contributed by atoms with Gasteiger partial charge in [0.1, 0.15) is 5.82 Å². The number of benzene rings is 1. The van der Waals surface area contributed by atoms with Crippen molar-refractivity contribution in [1.82, 2.24) is 20.3 Å². The molecule has 0 saturated carbocycles. The Balaban J connectivity index is 1.45. The Morgan fingerprint density at radius 2 is 1.92 bits per heavy atom. The number of amides is 1. The minimum Gasteiger partial charge on any atom is -0.344 e. The quantitative estimate of drug-likeness (QED) is 0.599. The van der Waals surface area contributed by atoms with Gasteiger partial charge in [-0.15, -0.1) is 11.3 Å². The van der Waals surface area contributed by atoms with Gasteiger partial charge in [-0.25, -0.2) is 4.98 Å². The van der Waals surface area contributed by atoms with E-state index in [1.165, 1.54) is 11.3 Å². The Bertz CT molecular complexity index is 957. The van der Waals surface area contributed by atoms with Crippen molar-refractivity contribution in [2.75, 3.05) is 0 Å². The molecule has 0 unspecified atom stereocenters. The van der Waals surface area contributed by atoms with E-state index in [0.29, 0.717) is 11.4 Å². The van der Waals surface area contributed by atoms with Crippen LogP contribution >= 0.6 is 11.3 Å². The zero-order valence-electron chi connectivity index (χ0n) is 12.7. The molecule has 6 heteroatoms. The predicted molar refractivity (Wildman–Crippen MR) is 94.8 cm³/mol. The molecule has 3 aromatic heterocycles. The van der Waals surface area contributed by atoms with Gasteiger partial charge < -0.3 is 10.3 Å². The second-order valence-corrected chi connectivity index (χ2v) is 6.37. The van der Waals surface area contributed by atoms with E-state index in [9.17, 15) is 4.79 Å². The molecule has 0 aliphatic carbocycles. The van der Waals surface area contributed by atoms with E-state index in [-0.39, 0.29) is 5.91 Å². The number of aromatic amines is 1. The second-order valence-electron chi connectivity index (χ2n) is 5.28. The van der Waals surface area contributed by atoms with Crippen LogP contribution in [0.2, 0.25) is 0 Å². The van der Waals surface area contributed by atoms with Gasteiger partial charge in [0.25, 0.3) is 5.91 Å². The summed E-state index contributed by atoms with van der Waals surface area (Å²) in [4.78, 5) is 25.7. The van der Waals surface area contributed by atoms with Crippen LogP contribution in [-0.4, -0.2) is 20.9 Å². The maximum Gasteiger partial charge on any atom is 0.261 e. The summed E-state index contributed by atoms with van der Waals surface area (Å²) in [6.45, 7) is 0.371. The minimum absolute atomic E-state index is 0.0965. The first kappa shape index (κ1) is 14.6. The molecule has 0 radical (unpaired) electrons. The molecule has 0 aliphatic heterocycles. The molecular formula is C18H14N4OS. The number of nitrogens with zero attached hydrogens (tertiary/aromatic N) is 2. The van der Waals surface area contributed by atoms with Gasteiger partial charge in [-0.3, -0.25) is 9.78 Å². The van der Waals surface area contributed by atoms with E-state index >= 15 is 0 Å². The van der Waals surface area contributed by atoms with Crippen LogP contribution in [-0.2, 0) is 6.54 Å². The number of aromatic nitrogens is 3. The average Bonchev–Trinajstić information content (AvgIpc) is 3.27. The number of nitrogens with one attached hydrogen (secondary N) is 2. The number of H-pyrrole nitrogens is 1. The van der Waals surface area contributed by atoms with E-state index in [0.717, 1.165) is 27.3 Å². The van der Waals surface area contributed by atoms with Crippen LogP contribution in [0.5, 0.6) is 0 Å². The topological polar surface area (TPSA) is 70.7 Å². The van der Waals surface area contributed by atoms with E-state index < -0.39 is 0 Å². The van der Waals surface area contributed by atoms with Gasteiger partial charge in [-0.2, -0.15) is 0 Å². The molecule has 24 heavy (non-hydrogen) atoms. The zero-order chi connectivity index (χ0) is 16.4. The monoisotopic (exact) mass is 334 g/mol. The number of thiophene rings is 1. The third kappa shape index (κ3) is 2.91. The van der Waals surface area contributed by atoms with Crippen molar-refractivity contribution in [2.24, 2.45) is 0 Å². The summed E-state index contributed by atoms with van der Waals surface area (Å²) in [5.41, 5.74) is 2.93. The highest BCUT2D eigenvalue weighted by molar-refractivity contribution is 7.17. The number of fused-ring (bicyclic) bond motifs is 1. The Morgan fingerprint density at radius 1 is 1.08 bits per heavy atom. The molecule has 0 bridgehead atoms. The van der Waals surface area contributed by atoms with Gasteiger partial charge in [-0.05, 0) is 42.0 Å². The summed E-state index contributed by atoms with van der Waals surface area (Å²) < 4.78 is 0. The van der Waals surface area contributed by atoms with Crippen LogP contribution in [0.3, 0.4) is 0 Å². The van der Waals surface area contributed by atoms with Crippen LogP contribution in [0.25, 0.3) is 21.5 Å². The standard InChI is InChI=1S/C18H14N4OS/c23-18(16-6-5-15(24-16)12-7-9-19-10-8-12)20-11-17-21-13-3-1-2-4-14(13)22-17/h1-10H,11H2,(H,20,23)(H,21,22). The Morgan fingerprint density at radius 3 is 2.75 bits per heavy atom. The highest BCUT2D eigenvalue weighted by atomic mass is 32.1. The summed E-state index contributed by atoms with van der Waals surface area (Å²) in [6, 6.07) is 15.5. The van der Waals surface area contributed by atoms with E-state index in [1.54, 1.807) is 12.4 Å². The fraction of sp³-hybridized carbons (Fsp3) is 0.0556. The number of rotatable bonds is 4. The molecule has 0 atom stereocenters. The maximum atomic E-state index is 12.3. The smallest absolute Gasteiger partial charge is 0.261 e. The van der Waals surface area contributed by atoms with E-state index in [1.807, 2.05) is 48.5 Å². The molecule has 0 saturated heterocycles. The van der Waals surface area contributed by atoms with Gasteiger partial charge >= 0.3 is 0 Å². The van der Waals surface area contributed by atoms with E-state index in [2.05, 4.69) is 20.3 Å². The van der Waals surface area contributed by atoms with Crippen LogP contribution < -0.4 is 5.32 Å². The molecule has 2 N–H and O–H groups in total. The maximum absolute atomic E-state index is 12.3. The Kier molecular flexibility index (Phi) is 3.80. The van der Waals surface area contributed by atoms with Gasteiger partial charge in [0.2, 0.25) is 0 Å². The summed E-state index contributed by atoms with van der Waals surface area (Å²) in [5, 5.41) is 2.91. The van der Waals surface area contributed by atoms with Crippen molar-refractivity contribution in [3.63, 3.8) is 0 Å². The molecule has 0 spiro atoms. The first-order valence-corrected chi connectivity index (χ1v) is 8.33.